The number of benzene rings is 3. The van der Waals surface area contributed by atoms with E-state index in [0.717, 1.165) is 5.56 Å². The van der Waals surface area contributed by atoms with Gasteiger partial charge in [0, 0.05) is 27.7 Å². The van der Waals surface area contributed by atoms with Crippen LogP contribution in [0.2, 0.25) is 5.02 Å². The number of hydrogen-bond donors (Lipinski definition) is 1. The van der Waals surface area contributed by atoms with Crippen LogP contribution in [0.4, 0.5) is 5.69 Å². The van der Waals surface area contributed by atoms with Crippen LogP contribution >= 0.6 is 27.5 Å². The first-order valence-corrected chi connectivity index (χ1v) is 13.0. The number of nitrogens with one attached hydrogen (secondary N) is 1. The molecule has 0 bridgehead atoms. The van der Waals surface area contributed by atoms with Crippen molar-refractivity contribution in [2.75, 3.05) is 25.5 Å². The van der Waals surface area contributed by atoms with Crippen LogP contribution in [0.15, 0.2) is 65.1 Å². The van der Waals surface area contributed by atoms with E-state index >= 15 is 0 Å². The van der Waals surface area contributed by atoms with Crippen LogP contribution in [0.5, 0.6) is 11.5 Å². The Balaban J connectivity index is 1.54. The number of hydrogen-bond acceptors (Lipinski definition) is 6. The Morgan fingerprint density at radius 3 is 2.70 bits per heavy atom. The third-order valence-corrected chi connectivity index (χ3v) is 7.90. The maximum atomic E-state index is 13.4. The molecule has 192 valence electrons. The largest absolute Gasteiger partial charge is 0.490 e. The number of likely N-dealkylation sites (tertiary alicyclic amines) is 1. The molecular formula is C27H25BrClN3O5. The Hall–Kier alpha value is -3.14. The molecule has 1 amide bonds. The monoisotopic (exact) mass is 585 g/mol. The smallest absolute Gasteiger partial charge is 0.256 e. The molecule has 0 aromatic heterocycles. The van der Waals surface area contributed by atoms with Gasteiger partial charge in [0.2, 0.25) is 0 Å². The number of carbonyl (C=O) groups excluding carboxylic acids is 1. The molecular weight excluding hydrogens is 562 g/mol. The van der Waals surface area contributed by atoms with E-state index in [1.54, 1.807) is 48.3 Å². The zero-order chi connectivity index (χ0) is 26.3. The molecule has 3 atom stereocenters. The second kappa shape index (κ2) is 9.96. The van der Waals surface area contributed by atoms with Crippen LogP contribution in [0.1, 0.15) is 29.5 Å². The summed E-state index contributed by atoms with van der Waals surface area (Å²) in [5.41, 5.74) is 1.40. The van der Waals surface area contributed by atoms with E-state index in [0.29, 0.717) is 51.0 Å². The maximum Gasteiger partial charge on any atom is 0.256 e. The molecule has 0 saturated carbocycles. The Labute approximate surface area is 227 Å². The van der Waals surface area contributed by atoms with Gasteiger partial charge in [-0.05, 0) is 71.4 Å². The molecule has 1 N–H and O–H groups in total. The molecule has 0 aliphatic carbocycles. The maximum absolute atomic E-state index is 13.4. The molecule has 1 spiro atoms. The number of amides is 1. The lowest BCUT2D eigenvalue weighted by molar-refractivity contribution is -0.534. The zero-order valence-corrected chi connectivity index (χ0v) is 22.6. The summed E-state index contributed by atoms with van der Waals surface area (Å²) in [6.07, 6.45) is 0. The van der Waals surface area contributed by atoms with Crippen molar-refractivity contribution >= 4 is 39.1 Å². The molecule has 10 heteroatoms. The molecule has 0 unspecified atom stereocenters. The van der Waals surface area contributed by atoms with Gasteiger partial charge in [0.15, 0.2) is 17.0 Å². The number of halogens is 2. The number of anilines is 1. The highest BCUT2D eigenvalue weighted by molar-refractivity contribution is 9.10. The number of nitro groups is 1. The minimum atomic E-state index is -1.41. The van der Waals surface area contributed by atoms with Crippen LogP contribution < -0.4 is 14.8 Å². The molecule has 37 heavy (non-hydrogen) atoms. The van der Waals surface area contributed by atoms with E-state index < -0.39 is 17.5 Å². The minimum absolute atomic E-state index is 0.266. The van der Waals surface area contributed by atoms with Gasteiger partial charge < -0.3 is 14.8 Å². The summed E-state index contributed by atoms with van der Waals surface area (Å²) in [7, 11) is 1.76. The Kier molecular flexibility index (Phi) is 6.87. The van der Waals surface area contributed by atoms with Gasteiger partial charge in [0.05, 0.1) is 17.0 Å². The standard InChI is InChI=1S/C27H25BrClN3O5/c1-3-36-23-13-17(12-21(28)24(23)37-15-16-7-6-8-18(29)11-16)19-14-31(2)27(25(19)32(34)35)20-9-4-5-10-22(20)30-26(27)33/h4-13,19,25H,3,14-15H2,1-2H3,(H,30,33)/t19-,25+,27+/m0/s1. The third kappa shape index (κ3) is 4.24. The fraction of sp³-hybridized carbons (Fsp3) is 0.296. The lowest BCUT2D eigenvalue weighted by atomic mass is 9.79. The topological polar surface area (TPSA) is 93.9 Å². The van der Waals surface area contributed by atoms with Gasteiger partial charge in [-0.25, -0.2) is 0 Å². The first kappa shape index (κ1) is 25.5. The molecule has 3 aromatic carbocycles. The predicted molar refractivity (Wildman–Crippen MR) is 144 cm³/mol. The van der Waals surface area contributed by atoms with Crippen molar-refractivity contribution in [2.24, 2.45) is 0 Å². The fourth-order valence-corrected chi connectivity index (χ4v) is 6.35. The zero-order valence-electron chi connectivity index (χ0n) is 20.2. The van der Waals surface area contributed by atoms with E-state index in [1.165, 1.54) is 0 Å². The molecule has 3 aromatic rings. The van der Waals surface area contributed by atoms with Crippen molar-refractivity contribution in [3.8, 4) is 11.5 Å². The summed E-state index contributed by atoms with van der Waals surface area (Å²) < 4.78 is 12.6. The Bertz CT molecular complexity index is 1390. The molecule has 2 aliphatic rings. The van der Waals surface area contributed by atoms with E-state index in [-0.39, 0.29) is 17.4 Å². The van der Waals surface area contributed by atoms with Gasteiger partial charge in [-0.3, -0.25) is 19.8 Å². The van der Waals surface area contributed by atoms with Crippen molar-refractivity contribution < 1.29 is 19.2 Å². The lowest BCUT2D eigenvalue weighted by Gasteiger charge is -2.30. The van der Waals surface area contributed by atoms with Crippen LogP contribution in [0, 0.1) is 10.1 Å². The third-order valence-electron chi connectivity index (χ3n) is 7.07. The Morgan fingerprint density at radius 1 is 1.19 bits per heavy atom. The van der Waals surface area contributed by atoms with Crippen molar-refractivity contribution in [3.05, 3.63) is 97.0 Å². The molecule has 8 nitrogen and oxygen atoms in total. The number of fused-ring (bicyclic) bond motifs is 2. The van der Waals surface area contributed by atoms with E-state index in [4.69, 9.17) is 21.1 Å². The average Bonchev–Trinajstić information content (AvgIpc) is 3.33. The molecule has 2 aliphatic heterocycles. The molecule has 1 saturated heterocycles. The van der Waals surface area contributed by atoms with Crippen molar-refractivity contribution in [2.45, 2.75) is 31.0 Å². The van der Waals surface area contributed by atoms with E-state index in [1.807, 2.05) is 31.2 Å². The second-order valence-electron chi connectivity index (χ2n) is 9.16. The van der Waals surface area contributed by atoms with E-state index in [9.17, 15) is 14.9 Å². The summed E-state index contributed by atoms with van der Waals surface area (Å²) in [6.45, 7) is 2.82. The molecule has 2 heterocycles. The van der Waals surface area contributed by atoms with Gasteiger partial charge in [-0.2, -0.15) is 0 Å². The van der Waals surface area contributed by atoms with Crippen LogP contribution in [-0.4, -0.2) is 42.0 Å². The molecule has 5 rings (SSSR count). The summed E-state index contributed by atoms with van der Waals surface area (Å²) in [4.78, 5) is 27.5. The minimum Gasteiger partial charge on any atom is -0.490 e. The first-order valence-electron chi connectivity index (χ1n) is 11.9. The van der Waals surface area contributed by atoms with Gasteiger partial charge >= 0.3 is 0 Å². The summed E-state index contributed by atoms with van der Waals surface area (Å²) >= 11 is 9.69. The number of rotatable bonds is 7. The predicted octanol–water partition coefficient (Wildman–Crippen LogP) is 5.60. The molecule has 0 radical (unpaired) electrons. The number of carbonyl (C=O) groups is 1. The van der Waals surface area contributed by atoms with Crippen LogP contribution in [0.25, 0.3) is 0 Å². The Morgan fingerprint density at radius 2 is 1.97 bits per heavy atom. The number of likely N-dealkylation sites (N-methyl/N-ethyl adjacent to an activating group) is 1. The summed E-state index contributed by atoms with van der Waals surface area (Å²) in [6, 6.07) is 16.9. The number of ether oxygens (including phenoxy) is 2. The van der Waals surface area contributed by atoms with Crippen molar-refractivity contribution in [1.29, 1.82) is 0 Å². The van der Waals surface area contributed by atoms with Gasteiger partial charge in [-0.1, -0.05) is 41.9 Å². The number of para-hydroxylation sites is 1. The van der Waals surface area contributed by atoms with Crippen LogP contribution in [-0.2, 0) is 16.9 Å². The van der Waals surface area contributed by atoms with Gasteiger partial charge in [-0.15, -0.1) is 0 Å². The highest BCUT2D eigenvalue weighted by Gasteiger charge is 2.68. The van der Waals surface area contributed by atoms with Crippen molar-refractivity contribution in [3.63, 3.8) is 0 Å². The highest BCUT2D eigenvalue weighted by atomic mass is 79.9. The average molecular weight is 587 g/mol. The lowest BCUT2D eigenvalue weighted by Crippen LogP contribution is -2.54. The summed E-state index contributed by atoms with van der Waals surface area (Å²) in [5, 5.41) is 16.1. The molecule has 1 fully saturated rings. The quantitative estimate of drug-likeness (QED) is 0.286. The summed E-state index contributed by atoms with van der Waals surface area (Å²) in [5.74, 6) is 0.00416. The SMILES string of the molecule is CCOc1cc([C@@H]2CN(C)[C@@]3(C(=O)Nc4ccccc43)[C@@H]2[N+](=O)[O-])cc(Br)c1OCc1cccc(Cl)c1. The fourth-order valence-electron chi connectivity index (χ4n) is 5.57. The van der Waals surface area contributed by atoms with Gasteiger partial charge in [0.25, 0.3) is 11.9 Å². The number of nitrogens with zero attached hydrogens (tertiary/aromatic N) is 2. The van der Waals surface area contributed by atoms with Gasteiger partial charge in [0.1, 0.15) is 6.61 Å². The van der Waals surface area contributed by atoms with Crippen LogP contribution in [0.3, 0.4) is 0 Å². The van der Waals surface area contributed by atoms with Crippen molar-refractivity contribution in [1.82, 2.24) is 4.90 Å². The highest BCUT2D eigenvalue weighted by Crippen LogP contribution is 2.53. The second-order valence-corrected chi connectivity index (χ2v) is 10.5. The first-order chi connectivity index (χ1) is 17.8. The normalized spacial score (nSPS) is 22.6. The van der Waals surface area contributed by atoms with E-state index in [2.05, 4.69) is 21.2 Å².